The zero-order valence-electron chi connectivity index (χ0n) is 18.1. The quantitative estimate of drug-likeness (QED) is 0.593. The van der Waals surface area contributed by atoms with Crippen molar-refractivity contribution in [3.8, 4) is 17.1 Å². The standard InChI is InChI=1S/C23H26ClN5O3/c1-14(2)27-20(30)13-29-22(15-4-3-5-16(24)10-15)28-21-19(23(29)31)11-18(12-26-21)32-17-6-8-25-9-7-17/h3-5,10-12,14,17,25H,6-9,13H2,1-2H3,(H,27,30). The number of nitrogens with zero attached hydrogens (tertiary/aromatic N) is 3. The Hall–Kier alpha value is -2.97. The minimum atomic E-state index is -0.354. The van der Waals surface area contributed by atoms with Crippen LogP contribution in [0.2, 0.25) is 5.02 Å². The first-order valence-electron chi connectivity index (χ1n) is 10.7. The zero-order chi connectivity index (χ0) is 22.7. The molecule has 0 unspecified atom stereocenters. The number of piperidine rings is 1. The number of aromatic nitrogens is 3. The van der Waals surface area contributed by atoms with E-state index in [9.17, 15) is 9.59 Å². The molecule has 1 fully saturated rings. The van der Waals surface area contributed by atoms with E-state index in [0.29, 0.717) is 33.2 Å². The molecule has 0 spiro atoms. The second-order valence-electron chi connectivity index (χ2n) is 8.17. The van der Waals surface area contributed by atoms with Gasteiger partial charge in [-0.3, -0.25) is 14.2 Å². The summed E-state index contributed by atoms with van der Waals surface area (Å²) in [5, 5.41) is 6.93. The highest BCUT2D eigenvalue weighted by Gasteiger charge is 2.19. The highest BCUT2D eigenvalue weighted by molar-refractivity contribution is 6.30. The molecular formula is C23H26ClN5O3. The van der Waals surface area contributed by atoms with Gasteiger partial charge in [-0.25, -0.2) is 9.97 Å². The third-order valence-electron chi connectivity index (χ3n) is 5.21. The molecule has 9 heteroatoms. The molecule has 8 nitrogen and oxygen atoms in total. The fraction of sp³-hybridized carbons (Fsp3) is 0.391. The number of hydrogen-bond donors (Lipinski definition) is 2. The monoisotopic (exact) mass is 455 g/mol. The molecular weight excluding hydrogens is 430 g/mol. The van der Waals surface area contributed by atoms with E-state index in [2.05, 4.69) is 20.6 Å². The predicted octanol–water partition coefficient (Wildman–Crippen LogP) is 2.77. The molecule has 3 aromatic rings. The summed E-state index contributed by atoms with van der Waals surface area (Å²) in [5.74, 6) is 0.585. The zero-order valence-corrected chi connectivity index (χ0v) is 18.9. The van der Waals surface area contributed by atoms with Crippen molar-refractivity contribution < 1.29 is 9.53 Å². The second-order valence-corrected chi connectivity index (χ2v) is 8.61. The van der Waals surface area contributed by atoms with Gasteiger partial charge in [0.1, 0.15) is 24.2 Å². The molecule has 0 saturated carbocycles. The Morgan fingerprint density at radius 2 is 2.09 bits per heavy atom. The van der Waals surface area contributed by atoms with Crippen molar-refractivity contribution in [1.82, 2.24) is 25.2 Å². The molecule has 2 aromatic heterocycles. The SMILES string of the molecule is CC(C)NC(=O)Cn1c(-c2cccc(Cl)c2)nc2ncc(OC3CCNCC3)cc2c1=O. The van der Waals surface area contributed by atoms with Gasteiger partial charge in [-0.1, -0.05) is 23.7 Å². The van der Waals surface area contributed by atoms with Crippen LogP contribution in [0, 0.1) is 0 Å². The third kappa shape index (κ3) is 5.08. The molecule has 32 heavy (non-hydrogen) atoms. The molecule has 0 aliphatic carbocycles. The van der Waals surface area contributed by atoms with E-state index in [0.717, 1.165) is 25.9 Å². The van der Waals surface area contributed by atoms with Crippen molar-refractivity contribution in [2.24, 2.45) is 0 Å². The maximum atomic E-state index is 13.5. The normalized spacial score (nSPS) is 14.6. The smallest absolute Gasteiger partial charge is 0.263 e. The van der Waals surface area contributed by atoms with Crippen LogP contribution in [0.25, 0.3) is 22.4 Å². The Bertz CT molecular complexity index is 1190. The van der Waals surface area contributed by atoms with Crippen molar-refractivity contribution >= 4 is 28.5 Å². The summed E-state index contributed by atoms with van der Waals surface area (Å²) in [6, 6.07) is 8.63. The topological polar surface area (TPSA) is 98.1 Å². The molecule has 0 bridgehead atoms. The van der Waals surface area contributed by atoms with Crippen LogP contribution in [0.1, 0.15) is 26.7 Å². The van der Waals surface area contributed by atoms with Crippen molar-refractivity contribution in [3.05, 3.63) is 51.9 Å². The van der Waals surface area contributed by atoms with E-state index < -0.39 is 0 Å². The van der Waals surface area contributed by atoms with Crippen molar-refractivity contribution in [3.63, 3.8) is 0 Å². The number of pyridine rings is 1. The number of rotatable bonds is 6. The van der Waals surface area contributed by atoms with E-state index in [1.165, 1.54) is 4.57 Å². The molecule has 1 amide bonds. The average molecular weight is 456 g/mol. The molecule has 3 heterocycles. The second kappa shape index (κ2) is 9.67. The summed E-state index contributed by atoms with van der Waals surface area (Å²) in [6.07, 6.45) is 3.45. The Labute approximate surface area is 191 Å². The number of carbonyl (C=O) groups excluding carboxylic acids is 1. The Kier molecular flexibility index (Phi) is 6.72. The van der Waals surface area contributed by atoms with Gasteiger partial charge in [0, 0.05) is 16.6 Å². The van der Waals surface area contributed by atoms with Gasteiger partial charge in [0.25, 0.3) is 5.56 Å². The summed E-state index contributed by atoms with van der Waals surface area (Å²) < 4.78 is 7.41. The van der Waals surface area contributed by atoms with Crippen molar-refractivity contribution in [1.29, 1.82) is 0 Å². The number of hydrogen-bond acceptors (Lipinski definition) is 6. The maximum absolute atomic E-state index is 13.5. The minimum absolute atomic E-state index is 0.0483. The molecule has 2 N–H and O–H groups in total. The fourth-order valence-corrected chi connectivity index (χ4v) is 3.95. The van der Waals surface area contributed by atoms with Gasteiger partial charge >= 0.3 is 0 Å². The number of fused-ring (bicyclic) bond motifs is 1. The first-order chi connectivity index (χ1) is 15.4. The molecule has 1 saturated heterocycles. The van der Waals surface area contributed by atoms with Gasteiger partial charge in [-0.05, 0) is 58.0 Å². The van der Waals surface area contributed by atoms with Crippen LogP contribution in [-0.4, -0.2) is 45.7 Å². The number of ether oxygens (including phenoxy) is 1. The van der Waals surface area contributed by atoms with E-state index in [1.807, 2.05) is 13.8 Å². The summed E-state index contributed by atoms with van der Waals surface area (Å²) in [7, 11) is 0. The number of amides is 1. The van der Waals surface area contributed by atoms with Gasteiger partial charge in [-0.15, -0.1) is 0 Å². The summed E-state index contributed by atoms with van der Waals surface area (Å²) in [6.45, 7) is 5.36. The van der Waals surface area contributed by atoms with E-state index >= 15 is 0 Å². The Morgan fingerprint density at radius 3 is 2.81 bits per heavy atom. The molecule has 1 aromatic carbocycles. The molecule has 1 aliphatic rings. The van der Waals surface area contributed by atoms with Crippen LogP contribution in [-0.2, 0) is 11.3 Å². The minimum Gasteiger partial charge on any atom is -0.489 e. The van der Waals surface area contributed by atoms with Gasteiger partial charge in [0.2, 0.25) is 5.91 Å². The van der Waals surface area contributed by atoms with Crippen molar-refractivity contribution in [2.45, 2.75) is 45.4 Å². The molecule has 168 valence electrons. The Morgan fingerprint density at radius 1 is 1.31 bits per heavy atom. The lowest BCUT2D eigenvalue weighted by Crippen LogP contribution is -2.37. The predicted molar refractivity (Wildman–Crippen MR) is 124 cm³/mol. The maximum Gasteiger partial charge on any atom is 0.263 e. The van der Waals surface area contributed by atoms with Crippen LogP contribution >= 0.6 is 11.6 Å². The van der Waals surface area contributed by atoms with E-state index in [1.54, 1.807) is 36.5 Å². The van der Waals surface area contributed by atoms with E-state index in [4.69, 9.17) is 16.3 Å². The van der Waals surface area contributed by atoms with Gasteiger partial charge < -0.3 is 15.4 Å². The summed E-state index contributed by atoms with van der Waals surface area (Å²) in [5.41, 5.74) is 0.570. The third-order valence-corrected chi connectivity index (χ3v) is 5.44. The van der Waals surface area contributed by atoms with Gasteiger partial charge in [0.15, 0.2) is 5.65 Å². The largest absolute Gasteiger partial charge is 0.489 e. The summed E-state index contributed by atoms with van der Waals surface area (Å²) >= 11 is 6.16. The van der Waals surface area contributed by atoms with Crippen LogP contribution in [0.3, 0.4) is 0 Å². The highest BCUT2D eigenvalue weighted by Crippen LogP contribution is 2.24. The molecule has 0 radical (unpaired) electrons. The first kappa shape index (κ1) is 22.2. The average Bonchev–Trinajstić information content (AvgIpc) is 2.76. The lowest BCUT2D eigenvalue weighted by molar-refractivity contribution is -0.122. The number of halogens is 1. The first-order valence-corrected chi connectivity index (χ1v) is 11.1. The number of benzene rings is 1. The summed E-state index contributed by atoms with van der Waals surface area (Å²) in [4.78, 5) is 35.0. The number of nitrogens with one attached hydrogen (secondary N) is 2. The van der Waals surface area contributed by atoms with Crippen LogP contribution in [0.4, 0.5) is 0 Å². The van der Waals surface area contributed by atoms with Gasteiger partial charge in [0.05, 0.1) is 11.6 Å². The van der Waals surface area contributed by atoms with Crippen LogP contribution < -0.4 is 20.9 Å². The fourth-order valence-electron chi connectivity index (χ4n) is 3.76. The molecule has 0 atom stereocenters. The number of carbonyl (C=O) groups is 1. The molecule has 1 aliphatic heterocycles. The lowest BCUT2D eigenvalue weighted by atomic mass is 10.1. The lowest BCUT2D eigenvalue weighted by Gasteiger charge is -2.23. The van der Waals surface area contributed by atoms with Crippen LogP contribution in [0.5, 0.6) is 5.75 Å². The molecule has 4 rings (SSSR count). The Balaban J connectivity index is 1.78. The van der Waals surface area contributed by atoms with Gasteiger partial charge in [-0.2, -0.15) is 0 Å². The van der Waals surface area contributed by atoms with Crippen molar-refractivity contribution in [2.75, 3.05) is 13.1 Å². The van der Waals surface area contributed by atoms with E-state index in [-0.39, 0.29) is 30.2 Å². The van der Waals surface area contributed by atoms with Crippen LogP contribution in [0.15, 0.2) is 41.3 Å². The highest BCUT2D eigenvalue weighted by atomic mass is 35.5.